The lowest BCUT2D eigenvalue weighted by Crippen LogP contribution is -2.27. The Bertz CT molecular complexity index is 369. The Kier molecular flexibility index (Phi) is 3.40. The van der Waals surface area contributed by atoms with E-state index in [1.54, 1.807) is 6.20 Å². The maximum atomic E-state index is 8.62. The molecule has 0 amide bonds. The molecule has 1 fully saturated rings. The third-order valence-corrected chi connectivity index (χ3v) is 2.73. The molecule has 88 valence electrons. The van der Waals surface area contributed by atoms with Crippen molar-refractivity contribution in [2.75, 3.05) is 6.61 Å². The van der Waals surface area contributed by atoms with E-state index in [0.717, 1.165) is 19.4 Å². The lowest BCUT2D eigenvalue weighted by molar-refractivity contribution is 0.00588. The van der Waals surface area contributed by atoms with Crippen LogP contribution >= 0.6 is 0 Å². The molecule has 2 heterocycles. The average molecular weight is 224 g/mol. The van der Waals surface area contributed by atoms with Gasteiger partial charge in [-0.25, -0.2) is 4.98 Å². The van der Waals surface area contributed by atoms with Gasteiger partial charge in [-0.2, -0.15) is 0 Å². The third kappa shape index (κ3) is 2.33. The van der Waals surface area contributed by atoms with Crippen LogP contribution in [0.2, 0.25) is 0 Å². The summed E-state index contributed by atoms with van der Waals surface area (Å²) in [5.41, 5.74) is 5.52. The number of nitrogens with two attached hydrogens (primary N) is 1. The van der Waals surface area contributed by atoms with Crippen LogP contribution in [0.3, 0.4) is 0 Å². The molecule has 0 aromatic carbocycles. The molecule has 1 atom stereocenters. The lowest BCUT2D eigenvalue weighted by atomic mass is 10.1. The molecule has 6 heteroatoms. The van der Waals surface area contributed by atoms with E-state index in [1.165, 1.54) is 6.42 Å². The number of hydrogen-bond donors (Lipinski definition) is 2. The van der Waals surface area contributed by atoms with E-state index in [0.29, 0.717) is 12.4 Å². The van der Waals surface area contributed by atoms with Crippen molar-refractivity contribution in [3.05, 3.63) is 18.2 Å². The van der Waals surface area contributed by atoms with Crippen LogP contribution < -0.4 is 5.73 Å². The molecule has 6 nitrogen and oxygen atoms in total. The minimum Gasteiger partial charge on any atom is -0.409 e. The van der Waals surface area contributed by atoms with Gasteiger partial charge in [0.25, 0.3) is 0 Å². The number of hydrogen-bond acceptors (Lipinski definition) is 4. The van der Waals surface area contributed by atoms with Crippen LogP contribution in [0.4, 0.5) is 0 Å². The smallest absolute Gasteiger partial charge is 0.206 e. The molecule has 1 unspecified atom stereocenters. The molecule has 0 radical (unpaired) electrons. The van der Waals surface area contributed by atoms with Crippen LogP contribution in [0.1, 0.15) is 25.1 Å². The molecule has 2 rings (SSSR count). The highest BCUT2D eigenvalue weighted by atomic mass is 16.5. The van der Waals surface area contributed by atoms with Gasteiger partial charge in [-0.15, -0.1) is 0 Å². The second kappa shape index (κ2) is 4.98. The zero-order chi connectivity index (χ0) is 11.4. The Hall–Kier alpha value is -1.56. The van der Waals surface area contributed by atoms with Gasteiger partial charge in [0, 0.05) is 19.0 Å². The first-order chi connectivity index (χ1) is 7.81. The van der Waals surface area contributed by atoms with Crippen LogP contribution in [0.15, 0.2) is 17.5 Å². The maximum absolute atomic E-state index is 8.62. The molecule has 16 heavy (non-hydrogen) atoms. The standard InChI is InChI=1S/C10H16N4O2/c11-9(13-15)10-12-4-5-14(10)7-8-3-1-2-6-16-8/h4-5,8,15H,1-3,6-7H2,(H2,11,13). The van der Waals surface area contributed by atoms with E-state index < -0.39 is 0 Å². The van der Waals surface area contributed by atoms with E-state index in [-0.39, 0.29) is 11.9 Å². The molecule has 0 spiro atoms. The Balaban J connectivity index is 2.06. The van der Waals surface area contributed by atoms with E-state index in [2.05, 4.69) is 10.1 Å². The fourth-order valence-electron chi connectivity index (χ4n) is 1.91. The molecule has 1 aromatic heterocycles. The van der Waals surface area contributed by atoms with Crippen molar-refractivity contribution in [1.29, 1.82) is 0 Å². The van der Waals surface area contributed by atoms with Gasteiger partial charge in [0.2, 0.25) is 5.84 Å². The quantitative estimate of drug-likeness (QED) is 0.340. The largest absolute Gasteiger partial charge is 0.409 e. The number of nitrogens with zero attached hydrogens (tertiary/aromatic N) is 3. The van der Waals surface area contributed by atoms with Crippen LogP contribution in [-0.2, 0) is 11.3 Å². The van der Waals surface area contributed by atoms with Crippen molar-refractivity contribution in [3.63, 3.8) is 0 Å². The minimum absolute atomic E-state index is 0.0285. The summed E-state index contributed by atoms with van der Waals surface area (Å²) >= 11 is 0. The molecule has 1 saturated heterocycles. The number of ether oxygens (including phenoxy) is 1. The number of rotatable bonds is 3. The molecule has 1 aliphatic heterocycles. The summed E-state index contributed by atoms with van der Waals surface area (Å²) in [5, 5.41) is 11.6. The lowest BCUT2D eigenvalue weighted by Gasteiger charge is -2.23. The Morgan fingerprint density at radius 2 is 2.56 bits per heavy atom. The van der Waals surface area contributed by atoms with Crippen molar-refractivity contribution in [3.8, 4) is 0 Å². The molecule has 0 aliphatic carbocycles. The van der Waals surface area contributed by atoms with Gasteiger partial charge in [0.15, 0.2) is 5.82 Å². The zero-order valence-electron chi connectivity index (χ0n) is 9.04. The Morgan fingerprint density at radius 1 is 1.69 bits per heavy atom. The first kappa shape index (κ1) is 10.9. The predicted molar refractivity (Wildman–Crippen MR) is 58.3 cm³/mol. The number of imidazole rings is 1. The van der Waals surface area contributed by atoms with Crippen LogP contribution in [0.5, 0.6) is 0 Å². The monoisotopic (exact) mass is 224 g/mol. The topological polar surface area (TPSA) is 85.7 Å². The SMILES string of the molecule is NC(=NO)c1nccn1CC1CCCCO1. The van der Waals surface area contributed by atoms with Gasteiger partial charge in [-0.3, -0.25) is 0 Å². The average Bonchev–Trinajstić information content (AvgIpc) is 2.77. The summed E-state index contributed by atoms with van der Waals surface area (Å²) in [5.74, 6) is 0.512. The van der Waals surface area contributed by atoms with E-state index in [9.17, 15) is 0 Å². The number of aromatic nitrogens is 2. The summed E-state index contributed by atoms with van der Waals surface area (Å²) in [6, 6.07) is 0. The van der Waals surface area contributed by atoms with Crippen molar-refractivity contribution in [1.82, 2.24) is 9.55 Å². The molecular formula is C10H16N4O2. The van der Waals surface area contributed by atoms with Gasteiger partial charge in [-0.1, -0.05) is 5.16 Å². The first-order valence-corrected chi connectivity index (χ1v) is 5.42. The summed E-state index contributed by atoms with van der Waals surface area (Å²) < 4.78 is 7.48. The van der Waals surface area contributed by atoms with Gasteiger partial charge in [0.1, 0.15) is 0 Å². The first-order valence-electron chi connectivity index (χ1n) is 5.42. The van der Waals surface area contributed by atoms with Gasteiger partial charge >= 0.3 is 0 Å². The van der Waals surface area contributed by atoms with Gasteiger partial charge in [0.05, 0.1) is 12.6 Å². The van der Waals surface area contributed by atoms with Crippen molar-refractivity contribution >= 4 is 5.84 Å². The molecular weight excluding hydrogens is 208 g/mol. The van der Waals surface area contributed by atoms with E-state index >= 15 is 0 Å². The molecule has 1 aliphatic rings. The van der Waals surface area contributed by atoms with Crippen molar-refractivity contribution in [2.45, 2.75) is 31.9 Å². The highest BCUT2D eigenvalue weighted by molar-refractivity contribution is 5.93. The van der Waals surface area contributed by atoms with Gasteiger partial charge in [-0.05, 0) is 19.3 Å². The summed E-state index contributed by atoms with van der Waals surface area (Å²) in [6.45, 7) is 1.52. The number of oxime groups is 1. The highest BCUT2D eigenvalue weighted by Gasteiger charge is 2.16. The maximum Gasteiger partial charge on any atom is 0.206 e. The Labute approximate surface area is 93.7 Å². The van der Waals surface area contributed by atoms with Crippen molar-refractivity contribution < 1.29 is 9.94 Å². The summed E-state index contributed by atoms with van der Waals surface area (Å²) in [4.78, 5) is 4.04. The fraction of sp³-hybridized carbons (Fsp3) is 0.600. The van der Waals surface area contributed by atoms with E-state index in [1.807, 2.05) is 10.8 Å². The normalized spacial score (nSPS) is 22.2. The fourth-order valence-corrected chi connectivity index (χ4v) is 1.91. The minimum atomic E-state index is 0.0285. The zero-order valence-corrected chi connectivity index (χ0v) is 9.04. The predicted octanol–water partition coefficient (Wildman–Crippen LogP) is 0.547. The summed E-state index contributed by atoms with van der Waals surface area (Å²) in [6.07, 6.45) is 7.02. The van der Waals surface area contributed by atoms with Crippen LogP contribution in [0.25, 0.3) is 0 Å². The third-order valence-electron chi connectivity index (χ3n) is 2.73. The van der Waals surface area contributed by atoms with Crippen molar-refractivity contribution in [2.24, 2.45) is 10.9 Å². The molecule has 0 bridgehead atoms. The van der Waals surface area contributed by atoms with Gasteiger partial charge < -0.3 is 20.2 Å². The van der Waals surface area contributed by atoms with Crippen LogP contribution in [-0.4, -0.2) is 33.3 Å². The Morgan fingerprint density at radius 3 is 3.25 bits per heavy atom. The second-order valence-electron chi connectivity index (χ2n) is 3.88. The molecule has 1 aromatic rings. The highest BCUT2D eigenvalue weighted by Crippen LogP contribution is 2.15. The molecule has 3 N–H and O–H groups in total. The van der Waals surface area contributed by atoms with Crippen LogP contribution in [0, 0.1) is 0 Å². The second-order valence-corrected chi connectivity index (χ2v) is 3.88. The summed E-state index contributed by atoms with van der Waals surface area (Å²) in [7, 11) is 0. The molecule has 0 saturated carbocycles. The number of amidine groups is 1. The van der Waals surface area contributed by atoms with E-state index in [4.69, 9.17) is 15.7 Å².